The van der Waals surface area contributed by atoms with E-state index in [-0.39, 0.29) is 0 Å². The number of primary amides is 1. The molecule has 2 aliphatic carbocycles. The molecule has 1 heterocycles. The fourth-order valence-corrected chi connectivity index (χ4v) is 4.15. The third-order valence-corrected chi connectivity index (χ3v) is 5.48. The molecule has 3 N–H and O–H groups in total. The van der Waals surface area contributed by atoms with Crippen LogP contribution in [0.5, 0.6) is 0 Å². The van der Waals surface area contributed by atoms with Crippen LogP contribution in [-0.4, -0.2) is 16.9 Å². The van der Waals surface area contributed by atoms with E-state index in [1.807, 2.05) is 0 Å². The lowest BCUT2D eigenvalue weighted by atomic mass is 9.60. The van der Waals surface area contributed by atoms with E-state index in [1.54, 1.807) is 6.07 Å². The van der Waals surface area contributed by atoms with Gasteiger partial charge in [-0.2, -0.15) is 0 Å². The van der Waals surface area contributed by atoms with E-state index in [9.17, 15) is 4.79 Å². The van der Waals surface area contributed by atoms with Gasteiger partial charge in [0.1, 0.15) is 5.82 Å². The molecule has 1 aromatic heterocycles. The highest BCUT2D eigenvalue weighted by molar-refractivity contribution is 6.33. The summed E-state index contributed by atoms with van der Waals surface area (Å²) in [5, 5.41) is 3.89. The zero-order chi connectivity index (χ0) is 16.0. The van der Waals surface area contributed by atoms with Gasteiger partial charge in [-0.05, 0) is 48.3 Å². The van der Waals surface area contributed by atoms with Crippen LogP contribution in [0.3, 0.4) is 0 Å². The second kappa shape index (κ2) is 5.53. The third kappa shape index (κ3) is 2.47. The quantitative estimate of drug-likeness (QED) is 0.908. The highest BCUT2D eigenvalue weighted by Crippen LogP contribution is 2.50. The molecule has 0 bridgehead atoms. The second-order valence-electron chi connectivity index (χ2n) is 6.41. The highest BCUT2D eigenvalue weighted by Gasteiger charge is 2.44. The number of carbonyl (C=O) groups is 1. The SMILES string of the molecule is NC(=O)c1cnc(NC2CC3c4ccccc4CCC23)c(Cl)c1. The predicted octanol–water partition coefficient (Wildman–Crippen LogP) is 3.36. The number of hydrogen-bond acceptors (Lipinski definition) is 3. The van der Waals surface area contributed by atoms with Gasteiger partial charge in [0.05, 0.1) is 10.6 Å². The number of amides is 1. The van der Waals surface area contributed by atoms with Crippen LogP contribution in [0.1, 0.15) is 40.2 Å². The molecule has 23 heavy (non-hydrogen) atoms. The number of fused-ring (bicyclic) bond motifs is 3. The van der Waals surface area contributed by atoms with Crippen LogP contribution in [0.15, 0.2) is 36.5 Å². The van der Waals surface area contributed by atoms with E-state index < -0.39 is 5.91 Å². The van der Waals surface area contributed by atoms with Gasteiger partial charge in [0, 0.05) is 12.2 Å². The summed E-state index contributed by atoms with van der Waals surface area (Å²) in [4.78, 5) is 15.4. The summed E-state index contributed by atoms with van der Waals surface area (Å²) in [6, 6.07) is 10.7. The summed E-state index contributed by atoms with van der Waals surface area (Å²) in [5.41, 5.74) is 8.58. The minimum absolute atomic E-state index is 0.332. The largest absolute Gasteiger partial charge is 0.366 e. The normalized spacial score (nSPS) is 25.0. The zero-order valence-electron chi connectivity index (χ0n) is 12.6. The Hall–Kier alpha value is -2.07. The number of nitrogens with one attached hydrogen (secondary N) is 1. The van der Waals surface area contributed by atoms with Gasteiger partial charge >= 0.3 is 0 Å². The van der Waals surface area contributed by atoms with Gasteiger partial charge in [-0.1, -0.05) is 35.9 Å². The van der Waals surface area contributed by atoms with E-state index in [0.29, 0.717) is 34.3 Å². The van der Waals surface area contributed by atoms with Crippen LogP contribution >= 0.6 is 11.6 Å². The lowest BCUT2D eigenvalue weighted by Crippen LogP contribution is -2.47. The van der Waals surface area contributed by atoms with Gasteiger partial charge in [0.2, 0.25) is 5.91 Å². The maximum atomic E-state index is 11.2. The molecule has 3 unspecified atom stereocenters. The molecule has 0 radical (unpaired) electrons. The fourth-order valence-electron chi connectivity index (χ4n) is 3.93. The first-order valence-corrected chi connectivity index (χ1v) is 8.31. The molecule has 0 spiro atoms. The van der Waals surface area contributed by atoms with Gasteiger partial charge < -0.3 is 11.1 Å². The van der Waals surface area contributed by atoms with Crippen LogP contribution in [0.2, 0.25) is 5.02 Å². The first-order chi connectivity index (χ1) is 11.1. The smallest absolute Gasteiger partial charge is 0.250 e. The molecular formula is C18H18ClN3O. The van der Waals surface area contributed by atoms with Crippen LogP contribution in [0.4, 0.5) is 5.82 Å². The van der Waals surface area contributed by atoms with E-state index in [1.165, 1.54) is 23.7 Å². The summed E-state index contributed by atoms with van der Waals surface area (Å²) < 4.78 is 0. The van der Waals surface area contributed by atoms with Crippen LogP contribution < -0.4 is 11.1 Å². The first-order valence-electron chi connectivity index (χ1n) is 7.93. The molecule has 1 aromatic carbocycles. The molecule has 0 aliphatic heterocycles. The molecule has 0 saturated heterocycles. The standard InChI is InChI=1S/C18H18ClN3O/c19-15-7-11(17(20)23)9-21-18(15)22-16-8-14-12-4-2-1-3-10(12)5-6-13(14)16/h1-4,7,9,13-14,16H,5-6,8H2,(H2,20,23)(H,21,22). The van der Waals surface area contributed by atoms with Gasteiger partial charge in [-0.25, -0.2) is 4.98 Å². The van der Waals surface area contributed by atoms with Crippen LogP contribution in [0.25, 0.3) is 0 Å². The maximum Gasteiger partial charge on any atom is 0.250 e. The Morgan fingerprint density at radius 2 is 2.17 bits per heavy atom. The Bertz CT molecular complexity index is 777. The summed E-state index contributed by atoms with van der Waals surface area (Å²) in [7, 11) is 0. The lowest BCUT2D eigenvalue weighted by molar-refractivity contribution is 0.1000. The maximum absolute atomic E-state index is 11.2. The van der Waals surface area contributed by atoms with Gasteiger partial charge in [-0.3, -0.25) is 4.79 Å². The molecular weight excluding hydrogens is 310 g/mol. The number of nitrogens with zero attached hydrogens (tertiary/aromatic N) is 1. The Morgan fingerprint density at radius 3 is 2.96 bits per heavy atom. The van der Waals surface area contributed by atoms with Gasteiger partial charge in [-0.15, -0.1) is 0 Å². The Labute approximate surface area is 140 Å². The number of anilines is 1. The Balaban J connectivity index is 1.50. The van der Waals surface area contributed by atoms with Crippen molar-refractivity contribution in [3.8, 4) is 0 Å². The number of aromatic nitrogens is 1. The zero-order valence-corrected chi connectivity index (χ0v) is 13.4. The molecule has 5 heteroatoms. The lowest BCUT2D eigenvalue weighted by Gasteiger charge is -2.49. The summed E-state index contributed by atoms with van der Waals surface area (Å²) in [5.74, 6) is 1.39. The molecule has 1 saturated carbocycles. The highest BCUT2D eigenvalue weighted by atomic mass is 35.5. The second-order valence-corrected chi connectivity index (χ2v) is 6.82. The first kappa shape index (κ1) is 14.5. The molecule has 118 valence electrons. The molecule has 4 nitrogen and oxygen atoms in total. The molecule has 1 fully saturated rings. The van der Waals surface area contributed by atoms with E-state index >= 15 is 0 Å². The number of hydrogen-bond donors (Lipinski definition) is 2. The van der Waals surface area contributed by atoms with Crippen molar-refractivity contribution < 1.29 is 4.79 Å². The van der Waals surface area contributed by atoms with Crippen molar-refractivity contribution in [1.82, 2.24) is 4.98 Å². The average Bonchev–Trinajstić information content (AvgIpc) is 2.53. The van der Waals surface area contributed by atoms with Crippen molar-refractivity contribution in [1.29, 1.82) is 0 Å². The minimum Gasteiger partial charge on any atom is -0.366 e. The summed E-state index contributed by atoms with van der Waals surface area (Å²) in [6.45, 7) is 0. The topological polar surface area (TPSA) is 68.0 Å². The molecule has 4 rings (SSSR count). The number of carbonyl (C=O) groups excluding carboxylic acids is 1. The van der Waals surface area contributed by atoms with E-state index in [2.05, 4.69) is 34.6 Å². The van der Waals surface area contributed by atoms with Crippen LogP contribution in [0, 0.1) is 5.92 Å². The van der Waals surface area contributed by atoms with Crippen molar-refractivity contribution in [2.24, 2.45) is 11.7 Å². The Kier molecular flexibility index (Phi) is 3.49. The number of nitrogens with two attached hydrogens (primary N) is 1. The third-order valence-electron chi connectivity index (χ3n) is 5.19. The van der Waals surface area contributed by atoms with Crippen molar-refractivity contribution in [2.45, 2.75) is 31.2 Å². The molecule has 1 amide bonds. The number of halogens is 1. The average molecular weight is 328 g/mol. The monoisotopic (exact) mass is 327 g/mol. The minimum atomic E-state index is -0.515. The number of benzene rings is 1. The number of pyridine rings is 1. The summed E-state index contributed by atoms with van der Waals surface area (Å²) in [6.07, 6.45) is 4.90. The van der Waals surface area contributed by atoms with Gasteiger partial charge in [0.25, 0.3) is 0 Å². The van der Waals surface area contributed by atoms with Crippen molar-refractivity contribution in [3.05, 3.63) is 58.2 Å². The Morgan fingerprint density at radius 1 is 1.35 bits per heavy atom. The summed E-state index contributed by atoms with van der Waals surface area (Å²) >= 11 is 6.22. The molecule has 2 aliphatic rings. The van der Waals surface area contributed by atoms with Crippen molar-refractivity contribution in [3.63, 3.8) is 0 Å². The van der Waals surface area contributed by atoms with E-state index in [4.69, 9.17) is 17.3 Å². The number of aryl methyl sites for hydroxylation is 1. The predicted molar refractivity (Wildman–Crippen MR) is 90.8 cm³/mol. The van der Waals surface area contributed by atoms with Gasteiger partial charge in [0.15, 0.2) is 0 Å². The van der Waals surface area contributed by atoms with Crippen LogP contribution in [-0.2, 0) is 6.42 Å². The molecule has 3 atom stereocenters. The van der Waals surface area contributed by atoms with E-state index in [0.717, 1.165) is 12.8 Å². The van der Waals surface area contributed by atoms with Crippen molar-refractivity contribution >= 4 is 23.3 Å². The number of rotatable bonds is 3. The molecule has 2 aromatic rings. The fraction of sp³-hybridized carbons (Fsp3) is 0.333. The van der Waals surface area contributed by atoms with Crippen molar-refractivity contribution in [2.75, 3.05) is 5.32 Å².